The molecule has 0 bridgehead atoms. The summed E-state index contributed by atoms with van der Waals surface area (Å²) in [6.07, 6.45) is 10.4. The third-order valence-electron chi connectivity index (χ3n) is 5.66. The van der Waals surface area contributed by atoms with Crippen LogP contribution in [0.4, 0.5) is 5.69 Å². The first-order chi connectivity index (χ1) is 17.1. The van der Waals surface area contributed by atoms with Crippen molar-refractivity contribution in [3.05, 3.63) is 66.3 Å². The molecule has 3 aromatic rings. The van der Waals surface area contributed by atoms with Gasteiger partial charge in [-0.2, -0.15) is 5.10 Å². The van der Waals surface area contributed by atoms with Crippen molar-refractivity contribution in [3.63, 3.8) is 0 Å². The van der Waals surface area contributed by atoms with E-state index in [0.29, 0.717) is 18.9 Å². The molecule has 1 aliphatic rings. The summed E-state index contributed by atoms with van der Waals surface area (Å²) >= 11 is 0. The van der Waals surface area contributed by atoms with Gasteiger partial charge in [0.15, 0.2) is 0 Å². The van der Waals surface area contributed by atoms with Crippen molar-refractivity contribution < 1.29 is 19.0 Å². The number of anilines is 1. The highest BCUT2D eigenvalue weighted by Gasteiger charge is 2.15. The molecule has 1 aromatic carbocycles. The number of amides is 1. The number of carbonyl (C=O) groups is 1. The number of morpholine rings is 1. The van der Waals surface area contributed by atoms with Crippen LogP contribution in [0.1, 0.15) is 11.1 Å². The van der Waals surface area contributed by atoms with Crippen LogP contribution in [0.2, 0.25) is 0 Å². The van der Waals surface area contributed by atoms with E-state index < -0.39 is 0 Å². The summed E-state index contributed by atoms with van der Waals surface area (Å²) in [5.74, 6) is 0.496. The van der Waals surface area contributed by atoms with Gasteiger partial charge in [-0.15, -0.1) is 0 Å². The normalized spacial score (nSPS) is 14.3. The summed E-state index contributed by atoms with van der Waals surface area (Å²) < 4.78 is 18.3. The lowest BCUT2D eigenvalue weighted by atomic mass is 10.0. The largest absolute Gasteiger partial charge is 0.491 e. The topological polar surface area (TPSA) is 90.7 Å². The fraction of sp³-hybridized carbons (Fsp3) is 0.346. The first kappa shape index (κ1) is 24.6. The molecule has 0 aliphatic carbocycles. The molecule has 0 unspecified atom stereocenters. The second kappa shape index (κ2) is 12.3. The average Bonchev–Trinajstić information content (AvgIpc) is 3.31. The highest BCUT2D eigenvalue weighted by atomic mass is 16.5. The summed E-state index contributed by atoms with van der Waals surface area (Å²) in [6.45, 7) is 4.92. The smallest absolute Gasteiger partial charge is 0.248 e. The Hall–Kier alpha value is -3.53. The standard InChI is InChI=1S/C26H31N5O4/c1-30-18-22(17-28-30)24-7-8-27-16-20(24)4-6-26(32)29-23-5-3-21(19-31-9-11-34-12-10-31)25(15-23)35-14-13-33-2/h3-8,15-18H,9-14,19H2,1-2H3,(H,29,32)/b6-4+. The lowest BCUT2D eigenvalue weighted by molar-refractivity contribution is -0.111. The Bertz CT molecular complexity index is 1150. The average molecular weight is 478 g/mol. The van der Waals surface area contributed by atoms with E-state index in [9.17, 15) is 4.79 Å². The van der Waals surface area contributed by atoms with Crippen LogP contribution in [0.15, 0.2) is 55.1 Å². The second-order valence-corrected chi connectivity index (χ2v) is 8.24. The molecule has 4 rings (SSSR count). The van der Waals surface area contributed by atoms with Crippen LogP contribution in [0.3, 0.4) is 0 Å². The van der Waals surface area contributed by atoms with Crippen LogP contribution in [0.5, 0.6) is 5.75 Å². The van der Waals surface area contributed by atoms with E-state index in [0.717, 1.165) is 60.9 Å². The van der Waals surface area contributed by atoms with Gasteiger partial charge in [-0.05, 0) is 23.8 Å². The molecular weight excluding hydrogens is 446 g/mol. The van der Waals surface area contributed by atoms with Gasteiger partial charge in [0, 0.05) is 86.9 Å². The Morgan fingerprint density at radius 1 is 1.20 bits per heavy atom. The predicted octanol–water partition coefficient (Wildman–Crippen LogP) is 2.99. The Morgan fingerprint density at radius 3 is 2.83 bits per heavy atom. The van der Waals surface area contributed by atoms with Crippen molar-refractivity contribution in [1.82, 2.24) is 19.7 Å². The van der Waals surface area contributed by atoms with Gasteiger partial charge in [0.2, 0.25) is 5.91 Å². The zero-order chi connectivity index (χ0) is 24.5. The number of ether oxygens (including phenoxy) is 3. The Morgan fingerprint density at radius 2 is 2.06 bits per heavy atom. The van der Waals surface area contributed by atoms with E-state index in [4.69, 9.17) is 14.2 Å². The van der Waals surface area contributed by atoms with Crippen molar-refractivity contribution in [2.75, 3.05) is 51.9 Å². The molecule has 0 spiro atoms. The van der Waals surface area contributed by atoms with Crippen molar-refractivity contribution in [2.45, 2.75) is 6.54 Å². The Labute approximate surface area is 205 Å². The maximum atomic E-state index is 12.7. The lowest BCUT2D eigenvalue weighted by Gasteiger charge is -2.27. The van der Waals surface area contributed by atoms with Crippen molar-refractivity contribution >= 4 is 17.7 Å². The van der Waals surface area contributed by atoms with Crippen LogP contribution in [-0.4, -0.2) is 72.2 Å². The highest BCUT2D eigenvalue weighted by molar-refractivity contribution is 6.02. The van der Waals surface area contributed by atoms with E-state index in [1.165, 1.54) is 6.08 Å². The number of hydrogen-bond acceptors (Lipinski definition) is 7. The van der Waals surface area contributed by atoms with Crippen molar-refractivity contribution in [2.24, 2.45) is 7.05 Å². The minimum absolute atomic E-state index is 0.241. The predicted molar refractivity (Wildman–Crippen MR) is 134 cm³/mol. The molecule has 9 nitrogen and oxygen atoms in total. The molecule has 35 heavy (non-hydrogen) atoms. The van der Waals surface area contributed by atoms with Crippen LogP contribution in [-0.2, 0) is 27.9 Å². The van der Waals surface area contributed by atoms with Crippen molar-refractivity contribution in [3.8, 4) is 16.9 Å². The minimum Gasteiger partial charge on any atom is -0.491 e. The minimum atomic E-state index is -0.241. The fourth-order valence-corrected chi connectivity index (χ4v) is 3.84. The quantitative estimate of drug-likeness (QED) is 0.355. The monoisotopic (exact) mass is 477 g/mol. The summed E-state index contributed by atoms with van der Waals surface area (Å²) in [7, 11) is 3.51. The fourth-order valence-electron chi connectivity index (χ4n) is 3.84. The molecule has 2 aromatic heterocycles. The maximum Gasteiger partial charge on any atom is 0.248 e. The molecule has 1 saturated heterocycles. The Kier molecular flexibility index (Phi) is 8.61. The van der Waals surface area contributed by atoms with E-state index in [2.05, 4.69) is 20.3 Å². The number of rotatable bonds is 10. The number of aromatic nitrogens is 3. The third kappa shape index (κ3) is 6.98. The summed E-state index contributed by atoms with van der Waals surface area (Å²) in [6, 6.07) is 7.67. The number of pyridine rings is 1. The van der Waals surface area contributed by atoms with Crippen LogP contribution in [0.25, 0.3) is 17.2 Å². The first-order valence-corrected chi connectivity index (χ1v) is 11.6. The molecule has 1 aliphatic heterocycles. The van der Waals surface area contributed by atoms with Gasteiger partial charge in [-0.1, -0.05) is 6.07 Å². The number of aryl methyl sites for hydroxylation is 1. The molecule has 0 radical (unpaired) electrons. The molecule has 1 N–H and O–H groups in total. The van der Waals surface area contributed by atoms with E-state index >= 15 is 0 Å². The number of methoxy groups -OCH3 is 1. The summed E-state index contributed by atoms with van der Waals surface area (Å²) in [5.41, 5.74) is 4.48. The molecule has 1 amide bonds. The third-order valence-corrected chi connectivity index (χ3v) is 5.66. The van der Waals surface area contributed by atoms with Gasteiger partial charge in [0.1, 0.15) is 12.4 Å². The molecule has 0 saturated carbocycles. The summed E-state index contributed by atoms with van der Waals surface area (Å²) in [5, 5.41) is 7.16. The number of nitrogens with one attached hydrogen (secondary N) is 1. The molecule has 3 heterocycles. The highest BCUT2D eigenvalue weighted by Crippen LogP contribution is 2.26. The van der Waals surface area contributed by atoms with Crippen molar-refractivity contribution in [1.29, 1.82) is 0 Å². The van der Waals surface area contributed by atoms with Gasteiger partial charge in [-0.3, -0.25) is 19.4 Å². The van der Waals surface area contributed by atoms with E-state index in [1.807, 2.05) is 37.5 Å². The molecule has 9 heteroatoms. The van der Waals surface area contributed by atoms with Gasteiger partial charge < -0.3 is 19.5 Å². The number of carbonyl (C=O) groups excluding carboxylic acids is 1. The van der Waals surface area contributed by atoms with Gasteiger partial charge in [0.05, 0.1) is 26.0 Å². The lowest BCUT2D eigenvalue weighted by Crippen LogP contribution is -2.35. The molecular formula is C26H31N5O4. The summed E-state index contributed by atoms with van der Waals surface area (Å²) in [4.78, 5) is 19.2. The van der Waals surface area contributed by atoms with Crippen LogP contribution >= 0.6 is 0 Å². The molecule has 184 valence electrons. The van der Waals surface area contributed by atoms with Crippen LogP contribution in [0, 0.1) is 0 Å². The van der Waals surface area contributed by atoms with E-state index in [-0.39, 0.29) is 5.91 Å². The van der Waals surface area contributed by atoms with Gasteiger partial charge in [-0.25, -0.2) is 0 Å². The van der Waals surface area contributed by atoms with Gasteiger partial charge in [0.25, 0.3) is 0 Å². The zero-order valence-electron chi connectivity index (χ0n) is 20.1. The first-order valence-electron chi connectivity index (χ1n) is 11.6. The van der Waals surface area contributed by atoms with E-state index in [1.54, 1.807) is 36.5 Å². The Balaban J connectivity index is 1.45. The zero-order valence-corrected chi connectivity index (χ0v) is 20.1. The maximum absolute atomic E-state index is 12.7. The second-order valence-electron chi connectivity index (χ2n) is 8.24. The SMILES string of the molecule is COCCOc1cc(NC(=O)/C=C/c2cnccc2-c2cnn(C)c2)ccc1CN1CCOCC1. The van der Waals surface area contributed by atoms with Gasteiger partial charge >= 0.3 is 0 Å². The number of hydrogen-bond donors (Lipinski definition) is 1. The number of nitrogens with zero attached hydrogens (tertiary/aromatic N) is 4. The molecule has 0 atom stereocenters. The molecule has 1 fully saturated rings. The van der Waals surface area contributed by atoms with Crippen LogP contribution < -0.4 is 10.1 Å². The number of benzene rings is 1.